The van der Waals surface area contributed by atoms with Crippen LogP contribution in [0.2, 0.25) is 0 Å². The molecule has 1 aliphatic heterocycles. The van der Waals surface area contributed by atoms with Gasteiger partial charge in [-0.1, -0.05) is 37.3 Å². The molecule has 1 amide bonds. The van der Waals surface area contributed by atoms with E-state index < -0.39 is 5.41 Å². The van der Waals surface area contributed by atoms with Crippen LogP contribution in [0.5, 0.6) is 0 Å². The Morgan fingerprint density at radius 3 is 2.45 bits per heavy atom. The number of nitrogens with zero attached hydrogens (tertiary/aromatic N) is 1. The van der Waals surface area contributed by atoms with Crippen LogP contribution in [0.3, 0.4) is 0 Å². The summed E-state index contributed by atoms with van der Waals surface area (Å²) >= 11 is 0. The molecular formula is C17H27ClN2O2. The molecule has 0 spiro atoms. The molecular weight excluding hydrogens is 300 g/mol. The Labute approximate surface area is 139 Å². The highest BCUT2D eigenvalue weighted by Crippen LogP contribution is 2.32. The second kappa shape index (κ2) is 8.51. The summed E-state index contributed by atoms with van der Waals surface area (Å²) in [6.07, 6.45) is 1.46. The van der Waals surface area contributed by atoms with Crippen molar-refractivity contribution in [1.82, 2.24) is 4.90 Å². The van der Waals surface area contributed by atoms with E-state index in [4.69, 9.17) is 10.5 Å². The molecule has 22 heavy (non-hydrogen) atoms. The molecule has 2 rings (SSSR count). The van der Waals surface area contributed by atoms with Crippen molar-refractivity contribution >= 4 is 18.3 Å². The van der Waals surface area contributed by atoms with Crippen LogP contribution in [0.15, 0.2) is 30.3 Å². The van der Waals surface area contributed by atoms with Gasteiger partial charge in [0, 0.05) is 33.4 Å². The van der Waals surface area contributed by atoms with Crippen LogP contribution in [-0.4, -0.2) is 44.2 Å². The summed E-state index contributed by atoms with van der Waals surface area (Å²) in [4.78, 5) is 14.7. The predicted molar refractivity (Wildman–Crippen MR) is 91.3 cm³/mol. The molecule has 1 unspecified atom stereocenters. The minimum absolute atomic E-state index is 0. The number of ether oxygens (including phenoxy) is 1. The Morgan fingerprint density at radius 2 is 1.91 bits per heavy atom. The van der Waals surface area contributed by atoms with Crippen LogP contribution >= 0.6 is 12.4 Å². The molecule has 0 aliphatic carbocycles. The van der Waals surface area contributed by atoms with E-state index in [9.17, 15) is 4.79 Å². The number of hydrogen-bond donors (Lipinski definition) is 1. The fraction of sp³-hybridized carbons (Fsp3) is 0.588. The van der Waals surface area contributed by atoms with Crippen molar-refractivity contribution in [3.05, 3.63) is 35.9 Å². The second-order valence-corrected chi connectivity index (χ2v) is 6.09. The first-order valence-corrected chi connectivity index (χ1v) is 7.67. The first-order chi connectivity index (χ1) is 10.1. The summed E-state index contributed by atoms with van der Waals surface area (Å²) < 4.78 is 5.38. The summed E-state index contributed by atoms with van der Waals surface area (Å²) in [5.74, 6) is 0.478. The van der Waals surface area contributed by atoms with Crippen molar-refractivity contribution < 1.29 is 9.53 Å². The zero-order valence-corrected chi connectivity index (χ0v) is 14.3. The molecule has 4 nitrogen and oxygen atoms in total. The van der Waals surface area contributed by atoms with Gasteiger partial charge < -0.3 is 15.4 Å². The summed E-state index contributed by atoms with van der Waals surface area (Å²) in [5.41, 5.74) is 6.74. The van der Waals surface area contributed by atoms with Crippen LogP contribution in [0.4, 0.5) is 0 Å². The fourth-order valence-corrected chi connectivity index (χ4v) is 3.05. The highest BCUT2D eigenvalue weighted by Gasteiger charge is 2.40. The van der Waals surface area contributed by atoms with Gasteiger partial charge in [-0.2, -0.15) is 0 Å². The normalized spacial score (nSPS) is 18.1. The molecule has 1 saturated heterocycles. The van der Waals surface area contributed by atoms with Crippen LogP contribution in [0, 0.1) is 5.41 Å². The molecule has 1 aromatic carbocycles. The van der Waals surface area contributed by atoms with Gasteiger partial charge in [-0.3, -0.25) is 4.79 Å². The van der Waals surface area contributed by atoms with Crippen LogP contribution in [-0.2, 0) is 9.53 Å². The molecule has 1 fully saturated rings. The molecule has 0 saturated carbocycles. The third-order valence-electron chi connectivity index (χ3n) is 4.56. The van der Waals surface area contributed by atoms with Crippen LogP contribution in [0.25, 0.3) is 0 Å². The van der Waals surface area contributed by atoms with Gasteiger partial charge in [-0.15, -0.1) is 12.4 Å². The number of rotatable bonds is 5. The lowest BCUT2D eigenvalue weighted by molar-refractivity contribution is -0.146. The third-order valence-corrected chi connectivity index (χ3v) is 4.56. The van der Waals surface area contributed by atoms with Crippen molar-refractivity contribution in [2.75, 3.05) is 33.4 Å². The lowest BCUT2D eigenvalue weighted by atomic mass is 9.78. The van der Waals surface area contributed by atoms with Crippen molar-refractivity contribution in [2.24, 2.45) is 11.1 Å². The summed E-state index contributed by atoms with van der Waals surface area (Å²) in [5, 5.41) is 0. The predicted octanol–water partition coefficient (Wildman–Crippen LogP) is 2.43. The number of benzene rings is 1. The monoisotopic (exact) mass is 326 g/mol. The molecule has 0 radical (unpaired) electrons. The lowest BCUT2D eigenvalue weighted by Gasteiger charge is -2.38. The number of carbonyl (C=O) groups excluding carboxylic acids is 1. The molecule has 1 heterocycles. The topological polar surface area (TPSA) is 55.6 Å². The van der Waals surface area contributed by atoms with Crippen LogP contribution < -0.4 is 5.73 Å². The smallest absolute Gasteiger partial charge is 0.230 e. The molecule has 1 aromatic rings. The first kappa shape index (κ1) is 18.9. The van der Waals surface area contributed by atoms with E-state index in [1.165, 1.54) is 5.56 Å². The number of halogens is 1. The standard InChI is InChI=1S/C17H26N2O2.ClH/c1-14(15-6-4-3-5-7-15)12-19(2)16(20)17(13-18)8-10-21-11-9-17;/h3-7,14H,8-13,18H2,1-2H3;1H. The van der Waals surface area contributed by atoms with E-state index in [0.29, 0.717) is 32.2 Å². The number of carbonyl (C=O) groups is 1. The zero-order valence-electron chi connectivity index (χ0n) is 13.5. The third kappa shape index (κ3) is 4.22. The van der Waals surface area contributed by atoms with Gasteiger partial charge in [0.2, 0.25) is 5.91 Å². The maximum Gasteiger partial charge on any atom is 0.230 e. The van der Waals surface area contributed by atoms with E-state index in [1.54, 1.807) is 0 Å². The second-order valence-electron chi connectivity index (χ2n) is 6.09. The van der Waals surface area contributed by atoms with E-state index in [0.717, 1.165) is 12.8 Å². The van der Waals surface area contributed by atoms with E-state index in [2.05, 4.69) is 19.1 Å². The molecule has 1 atom stereocenters. The summed E-state index contributed by atoms with van der Waals surface area (Å²) in [6, 6.07) is 10.3. The molecule has 5 heteroatoms. The van der Waals surface area contributed by atoms with Gasteiger partial charge in [0.05, 0.1) is 5.41 Å². The quantitative estimate of drug-likeness (QED) is 0.904. The molecule has 1 aliphatic rings. The summed E-state index contributed by atoms with van der Waals surface area (Å²) in [6.45, 7) is 4.53. The van der Waals surface area contributed by atoms with Crippen LogP contribution in [0.1, 0.15) is 31.2 Å². The summed E-state index contributed by atoms with van der Waals surface area (Å²) in [7, 11) is 1.88. The van der Waals surface area contributed by atoms with Crippen molar-refractivity contribution in [2.45, 2.75) is 25.7 Å². The highest BCUT2D eigenvalue weighted by molar-refractivity contribution is 5.85. The average molecular weight is 327 g/mol. The van der Waals surface area contributed by atoms with Gasteiger partial charge in [0.1, 0.15) is 0 Å². The maximum absolute atomic E-state index is 12.8. The lowest BCUT2D eigenvalue weighted by Crippen LogP contribution is -2.50. The zero-order chi connectivity index (χ0) is 15.3. The first-order valence-electron chi connectivity index (χ1n) is 7.67. The Hall–Kier alpha value is -1.10. The van der Waals surface area contributed by atoms with E-state index in [-0.39, 0.29) is 18.3 Å². The minimum Gasteiger partial charge on any atom is -0.381 e. The van der Waals surface area contributed by atoms with Crippen molar-refractivity contribution in [1.29, 1.82) is 0 Å². The largest absolute Gasteiger partial charge is 0.381 e. The molecule has 0 bridgehead atoms. The van der Waals surface area contributed by atoms with Gasteiger partial charge >= 0.3 is 0 Å². The van der Waals surface area contributed by atoms with Crippen molar-refractivity contribution in [3.63, 3.8) is 0 Å². The van der Waals surface area contributed by atoms with Gasteiger partial charge in [0.25, 0.3) is 0 Å². The molecule has 0 aromatic heterocycles. The Kier molecular flexibility index (Phi) is 7.33. The van der Waals surface area contributed by atoms with Gasteiger partial charge in [-0.05, 0) is 24.3 Å². The van der Waals surface area contributed by atoms with E-state index >= 15 is 0 Å². The number of hydrogen-bond acceptors (Lipinski definition) is 3. The van der Waals surface area contributed by atoms with E-state index in [1.807, 2.05) is 30.1 Å². The Bertz CT molecular complexity index is 461. The number of amides is 1. The molecule has 2 N–H and O–H groups in total. The SMILES string of the molecule is CC(CN(C)C(=O)C1(CN)CCOCC1)c1ccccc1.Cl. The maximum atomic E-state index is 12.8. The fourth-order valence-electron chi connectivity index (χ4n) is 3.05. The average Bonchev–Trinajstić information content (AvgIpc) is 2.55. The Morgan fingerprint density at radius 1 is 1.32 bits per heavy atom. The number of likely N-dealkylation sites (N-methyl/N-ethyl adjacent to an activating group) is 1. The Balaban J connectivity index is 0.00000242. The minimum atomic E-state index is -0.427. The number of nitrogens with two attached hydrogens (primary N) is 1. The van der Waals surface area contributed by atoms with Crippen molar-refractivity contribution in [3.8, 4) is 0 Å². The molecule has 124 valence electrons. The highest BCUT2D eigenvalue weighted by atomic mass is 35.5. The van der Waals surface area contributed by atoms with Gasteiger partial charge in [-0.25, -0.2) is 0 Å². The van der Waals surface area contributed by atoms with Gasteiger partial charge in [0.15, 0.2) is 0 Å².